The highest BCUT2D eigenvalue weighted by molar-refractivity contribution is 14.0. The van der Waals surface area contributed by atoms with Crippen molar-refractivity contribution in [3.63, 3.8) is 0 Å². The largest absolute Gasteiger partial charge is 0.356 e. The average molecular weight is 496 g/mol. The van der Waals surface area contributed by atoms with E-state index < -0.39 is 10.0 Å². The first-order chi connectivity index (χ1) is 11.6. The fourth-order valence-corrected chi connectivity index (χ4v) is 2.79. The van der Waals surface area contributed by atoms with Crippen molar-refractivity contribution in [2.45, 2.75) is 39.0 Å². The molecule has 0 saturated heterocycles. The predicted molar refractivity (Wildman–Crippen MR) is 121 cm³/mol. The Kier molecular flexibility index (Phi) is 11.4. The van der Waals surface area contributed by atoms with Crippen LogP contribution in [0.3, 0.4) is 0 Å². The van der Waals surface area contributed by atoms with Crippen molar-refractivity contribution in [2.24, 2.45) is 4.99 Å². The third-order valence-electron chi connectivity index (χ3n) is 3.76. The van der Waals surface area contributed by atoms with Gasteiger partial charge in [-0.3, -0.25) is 4.99 Å². The molecule has 8 heteroatoms. The van der Waals surface area contributed by atoms with E-state index in [1.807, 2.05) is 0 Å². The molecule has 0 amide bonds. The van der Waals surface area contributed by atoms with Crippen LogP contribution >= 0.6 is 24.0 Å². The number of aliphatic imine (C=N–C) groups is 1. The summed E-state index contributed by atoms with van der Waals surface area (Å²) in [6.45, 7) is 8.50. The zero-order valence-corrected chi connectivity index (χ0v) is 19.6. The van der Waals surface area contributed by atoms with Crippen molar-refractivity contribution in [1.82, 2.24) is 15.4 Å². The van der Waals surface area contributed by atoms with Crippen LogP contribution in [0.5, 0.6) is 0 Å². The van der Waals surface area contributed by atoms with Crippen LogP contribution in [0.25, 0.3) is 0 Å². The van der Waals surface area contributed by atoms with Gasteiger partial charge in [0, 0.05) is 26.7 Å². The highest BCUT2D eigenvalue weighted by Crippen LogP contribution is 2.22. The topological polar surface area (TPSA) is 82.6 Å². The van der Waals surface area contributed by atoms with E-state index in [9.17, 15) is 8.42 Å². The number of nitrogens with zero attached hydrogens (tertiary/aromatic N) is 1. The minimum atomic E-state index is -3.11. The van der Waals surface area contributed by atoms with E-state index in [-0.39, 0.29) is 29.4 Å². The standard InChI is InChI=1S/C18H32N4O2S.HI/c1-18(2,3)16-9-7-15(8-10-16)11-14-21-17(19-4)20-12-6-13-22-25(5,23)24;/h7-10,22H,6,11-14H2,1-5H3,(H2,19,20,21);1H. The smallest absolute Gasteiger partial charge is 0.208 e. The molecule has 0 heterocycles. The first kappa shape index (κ1) is 25.1. The normalized spacial score (nSPS) is 12.4. The highest BCUT2D eigenvalue weighted by atomic mass is 127. The van der Waals surface area contributed by atoms with Gasteiger partial charge in [0.1, 0.15) is 0 Å². The van der Waals surface area contributed by atoms with Crippen molar-refractivity contribution >= 4 is 40.0 Å². The van der Waals surface area contributed by atoms with E-state index in [1.165, 1.54) is 11.1 Å². The molecule has 26 heavy (non-hydrogen) atoms. The summed E-state index contributed by atoms with van der Waals surface area (Å²) < 4.78 is 24.4. The molecule has 0 radical (unpaired) electrons. The Morgan fingerprint density at radius 2 is 1.62 bits per heavy atom. The molecular weight excluding hydrogens is 463 g/mol. The third-order valence-corrected chi connectivity index (χ3v) is 4.49. The summed E-state index contributed by atoms with van der Waals surface area (Å²) in [7, 11) is -1.39. The molecule has 0 aromatic heterocycles. The van der Waals surface area contributed by atoms with Crippen LogP contribution < -0.4 is 15.4 Å². The Morgan fingerprint density at radius 1 is 1.04 bits per heavy atom. The van der Waals surface area contributed by atoms with E-state index in [2.05, 4.69) is 65.4 Å². The first-order valence-corrected chi connectivity index (χ1v) is 10.5. The lowest BCUT2D eigenvalue weighted by Crippen LogP contribution is -2.39. The van der Waals surface area contributed by atoms with E-state index in [0.717, 1.165) is 25.2 Å². The Labute approximate surface area is 175 Å². The zero-order chi connectivity index (χ0) is 18.9. The maximum Gasteiger partial charge on any atom is 0.208 e. The van der Waals surface area contributed by atoms with Crippen molar-refractivity contribution in [3.05, 3.63) is 35.4 Å². The number of hydrogen-bond donors (Lipinski definition) is 3. The second kappa shape index (κ2) is 11.8. The molecule has 0 unspecified atom stereocenters. The Bertz CT molecular complexity index is 653. The Hall–Kier alpha value is -0.870. The van der Waals surface area contributed by atoms with Crippen molar-refractivity contribution in [1.29, 1.82) is 0 Å². The van der Waals surface area contributed by atoms with Crippen molar-refractivity contribution < 1.29 is 8.42 Å². The van der Waals surface area contributed by atoms with Crippen LogP contribution in [0.15, 0.2) is 29.3 Å². The zero-order valence-electron chi connectivity index (χ0n) is 16.4. The minimum absolute atomic E-state index is 0. The first-order valence-electron chi connectivity index (χ1n) is 8.60. The van der Waals surface area contributed by atoms with Gasteiger partial charge in [0.15, 0.2) is 5.96 Å². The molecule has 0 atom stereocenters. The van der Waals surface area contributed by atoms with Crippen LogP contribution in [0, 0.1) is 0 Å². The molecule has 0 aliphatic carbocycles. The summed E-state index contributed by atoms with van der Waals surface area (Å²) >= 11 is 0. The van der Waals surface area contributed by atoms with Gasteiger partial charge in [-0.2, -0.15) is 0 Å². The molecule has 1 aromatic rings. The summed E-state index contributed by atoms with van der Waals surface area (Å²) in [5.41, 5.74) is 2.80. The maximum absolute atomic E-state index is 11.0. The van der Waals surface area contributed by atoms with Gasteiger partial charge in [0.2, 0.25) is 10.0 Å². The lowest BCUT2D eigenvalue weighted by Gasteiger charge is -2.19. The minimum Gasteiger partial charge on any atom is -0.356 e. The molecular formula is C18H33IN4O2S. The number of guanidine groups is 1. The molecule has 6 nitrogen and oxygen atoms in total. The molecule has 0 bridgehead atoms. The molecule has 0 saturated carbocycles. The molecule has 3 N–H and O–H groups in total. The maximum atomic E-state index is 11.0. The Morgan fingerprint density at radius 3 is 2.12 bits per heavy atom. The number of rotatable bonds is 8. The monoisotopic (exact) mass is 496 g/mol. The van der Waals surface area contributed by atoms with E-state index >= 15 is 0 Å². The quantitative estimate of drug-likeness (QED) is 0.223. The molecule has 0 aliphatic heterocycles. The Balaban J connectivity index is 0.00000625. The fraction of sp³-hybridized carbons (Fsp3) is 0.611. The fourth-order valence-electron chi connectivity index (χ4n) is 2.27. The van der Waals surface area contributed by atoms with Crippen LogP contribution in [-0.2, 0) is 21.9 Å². The molecule has 150 valence electrons. The van der Waals surface area contributed by atoms with Gasteiger partial charge in [0.05, 0.1) is 6.26 Å². The SMILES string of the molecule is CN=C(NCCCNS(C)(=O)=O)NCCc1ccc(C(C)(C)C)cc1.I. The lowest BCUT2D eigenvalue weighted by molar-refractivity contribution is 0.584. The molecule has 0 aliphatic rings. The van der Waals surface area contributed by atoms with Gasteiger partial charge in [-0.1, -0.05) is 45.0 Å². The second-order valence-electron chi connectivity index (χ2n) is 7.14. The van der Waals surface area contributed by atoms with E-state index in [1.54, 1.807) is 7.05 Å². The van der Waals surface area contributed by atoms with Crippen LogP contribution in [0.2, 0.25) is 0 Å². The van der Waals surface area contributed by atoms with Gasteiger partial charge in [-0.05, 0) is 29.4 Å². The van der Waals surface area contributed by atoms with Crippen LogP contribution in [0.1, 0.15) is 38.3 Å². The number of benzene rings is 1. The number of nitrogens with one attached hydrogen (secondary N) is 3. The number of halogens is 1. The summed E-state index contributed by atoms with van der Waals surface area (Å²) in [6.07, 6.45) is 2.78. The summed E-state index contributed by atoms with van der Waals surface area (Å²) in [5, 5.41) is 6.45. The second-order valence-corrected chi connectivity index (χ2v) is 8.98. The van der Waals surface area contributed by atoms with Gasteiger partial charge in [-0.25, -0.2) is 13.1 Å². The lowest BCUT2D eigenvalue weighted by atomic mass is 9.86. The van der Waals surface area contributed by atoms with Gasteiger partial charge in [-0.15, -0.1) is 24.0 Å². The molecule has 1 aromatic carbocycles. The predicted octanol–water partition coefficient (Wildman–Crippen LogP) is 2.25. The van der Waals surface area contributed by atoms with Crippen molar-refractivity contribution in [3.8, 4) is 0 Å². The van der Waals surface area contributed by atoms with Gasteiger partial charge in [0.25, 0.3) is 0 Å². The van der Waals surface area contributed by atoms with E-state index in [4.69, 9.17) is 0 Å². The van der Waals surface area contributed by atoms with Crippen molar-refractivity contribution in [2.75, 3.05) is 32.9 Å². The summed E-state index contributed by atoms with van der Waals surface area (Å²) in [4.78, 5) is 4.17. The highest BCUT2D eigenvalue weighted by Gasteiger charge is 2.12. The molecule has 1 rings (SSSR count). The van der Waals surface area contributed by atoms with Crippen LogP contribution in [0.4, 0.5) is 0 Å². The van der Waals surface area contributed by atoms with Gasteiger partial charge < -0.3 is 10.6 Å². The van der Waals surface area contributed by atoms with Crippen LogP contribution in [-0.4, -0.2) is 47.3 Å². The number of hydrogen-bond acceptors (Lipinski definition) is 3. The van der Waals surface area contributed by atoms with E-state index in [0.29, 0.717) is 19.5 Å². The summed E-state index contributed by atoms with van der Waals surface area (Å²) in [5.74, 6) is 0.727. The van der Waals surface area contributed by atoms with Gasteiger partial charge >= 0.3 is 0 Å². The number of sulfonamides is 1. The molecule has 0 fully saturated rings. The molecule has 0 spiro atoms. The summed E-state index contributed by atoms with van der Waals surface area (Å²) in [6, 6.07) is 8.74. The third kappa shape index (κ3) is 11.0. The average Bonchev–Trinajstić information content (AvgIpc) is 2.51.